The molecule has 0 fully saturated rings. The van der Waals surface area contributed by atoms with Crippen LogP contribution in [0.4, 0.5) is 14.5 Å². The summed E-state index contributed by atoms with van der Waals surface area (Å²) < 4.78 is 57.6. The number of rotatable bonds is 6. The van der Waals surface area contributed by atoms with Crippen LogP contribution >= 0.6 is 0 Å². The molecule has 1 unspecified atom stereocenters. The Hall–Kier alpha value is -1.25. The maximum Gasteiger partial charge on any atom is 0.243 e. The van der Waals surface area contributed by atoms with E-state index in [2.05, 4.69) is 4.72 Å². The second-order valence-electron chi connectivity index (χ2n) is 4.08. The van der Waals surface area contributed by atoms with Gasteiger partial charge in [-0.05, 0) is 25.5 Å². The van der Waals surface area contributed by atoms with Crippen LogP contribution in [0.1, 0.15) is 13.3 Å². The van der Waals surface area contributed by atoms with Crippen LogP contribution in [0, 0.1) is 11.6 Å². The van der Waals surface area contributed by atoms with Gasteiger partial charge in [-0.2, -0.15) is 0 Å². The Bertz CT molecular complexity index is 549. The number of hydrogen-bond acceptors (Lipinski definition) is 4. The smallest absolute Gasteiger partial charge is 0.243 e. The topological polar surface area (TPSA) is 81.4 Å². The van der Waals surface area contributed by atoms with Crippen LogP contribution in [0.15, 0.2) is 17.0 Å². The van der Waals surface area contributed by atoms with Gasteiger partial charge in [-0.15, -0.1) is 0 Å². The fraction of sp³-hybridized carbons (Fsp3) is 0.455. The highest BCUT2D eigenvalue weighted by atomic mass is 32.2. The molecule has 3 N–H and O–H groups in total. The molecule has 0 aliphatic carbocycles. The molecule has 0 spiro atoms. The van der Waals surface area contributed by atoms with E-state index in [0.717, 1.165) is 12.1 Å². The van der Waals surface area contributed by atoms with E-state index in [0.29, 0.717) is 13.0 Å². The van der Waals surface area contributed by atoms with Crippen molar-refractivity contribution in [2.24, 2.45) is 0 Å². The first-order valence-electron chi connectivity index (χ1n) is 5.54. The molecule has 0 amide bonds. The average Bonchev–Trinajstić information content (AvgIpc) is 2.32. The molecule has 0 bridgehead atoms. The molecule has 19 heavy (non-hydrogen) atoms. The SMILES string of the molecule is COCCC(C)NS(=O)(=O)c1ccc(F)c(N)c1F. The van der Waals surface area contributed by atoms with E-state index in [1.54, 1.807) is 6.92 Å². The number of ether oxygens (including phenoxy) is 1. The third-order valence-electron chi connectivity index (χ3n) is 2.49. The third-order valence-corrected chi connectivity index (χ3v) is 4.10. The number of halogens is 2. The van der Waals surface area contributed by atoms with E-state index >= 15 is 0 Å². The zero-order valence-corrected chi connectivity index (χ0v) is 11.4. The van der Waals surface area contributed by atoms with Crippen molar-refractivity contribution in [1.82, 2.24) is 4.72 Å². The normalized spacial score (nSPS) is 13.5. The van der Waals surface area contributed by atoms with Gasteiger partial charge in [0, 0.05) is 19.8 Å². The third kappa shape index (κ3) is 3.85. The van der Waals surface area contributed by atoms with Gasteiger partial charge in [0.05, 0.1) is 0 Å². The molecule has 108 valence electrons. The molecule has 0 aromatic heterocycles. The zero-order chi connectivity index (χ0) is 14.6. The molecule has 1 aromatic rings. The molecule has 1 rings (SSSR count). The van der Waals surface area contributed by atoms with Gasteiger partial charge in [0.25, 0.3) is 0 Å². The minimum absolute atomic E-state index is 0.359. The quantitative estimate of drug-likeness (QED) is 0.774. The summed E-state index contributed by atoms with van der Waals surface area (Å²) in [5.41, 5.74) is 4.32. The Labute approximate surface area is 110 Å². The summed E-state index contributed by atoms with van der Waals surface area (Å²) in [6.07, 6.45) is 0.425. The van der Waals surface area contributed by atoms with Gasteiger partial charge in [0.2, 0.25) is 10.0 Å². The monoisotopic (exact) mass is 294 g/mol. The summed E-state index contributed by atoms with van der Waals surface area (Å²) in [6, 6.07) is 1.20. The van der Waals surface area contributed by atoms with Crippen molar-refractivity contribution >= 4 is 15.7 Å². The van der Waals surface area contributed by atoms with Crippen molar-refractivity contribution in [2.75, 3.05) is 19.5 Å². The Morgan fingerprint density at radius 1 is 1.42 bits per heavy atom. The molecular formula is C11H16F2N2O3S. The predicted molar refractivity (Wildman–Crippen MR) is 67.0 cm³/mol. The van der Waals surface area contributed by atoms with E-state index in [4.69, 9.17) is 10.5 Å². The standard InChI is InChI=1S/C11H16F2N2O3S/c1-7(5-6-18-2)15-19(16,17)9-4-3-8(12)11(14)10(9)13/h3-4,7,15H,5-6,14H2,1-2H3. The van der Waals surface area contributed by atoms with Crippen molar-refractivity contribution < 1.29 is 21.9 Å². The summed E-state index contributed by atoms with van der Waals surface area (Å²) in [5.74, 6) is -2.28. The van der Waals surface area contributed by atoms with Crippen LogP contribution in [0.3, 0.4) is 0 Å². The first-order chi connectivity index (χ1) is 8.79. The van der Waals surface area contributed by atoms with Crippen molar-refractivity contribution in [3.8, 4) is 0 Å². The van der Waals surface area contributed by atoms with Gasteiger partial charge in [0.15, 0.2) is 5.82 Å². The number of nitrogens with two attached hydrogens (primary N) is 1. The molecule has 5 nitrogen and oxygen atoms in total. The number of nitrogens with one attached hydrogen (secondary N) is 1. The van der Waals surface area contributed by atoms with Crippen LogP contribution in [0.25, 0.3) is 0 Å². The van der Waals surface area contributed by atoms with Gasteiger partial charge >= 0.3 is 0 Å². The summed E-state index contributed by atoms with van der Waals surface area (Å²) in [7, 11) is -2.60. The second kappa shape index (κ2) is 6.27. The van der Waals surface area contributed by atoms with Gasteiger partial charge in [-0.25, -0.2) is 21.9 Å². The molecule has 8 heteroatoms. The summed E-state index contributed by atoms with van der Waals surface area (Å²) >= 11 is 0. The van der Waals surface area contributed by atoms with Crippen LogP contribution in [-0.2, 0) is 14.8 Å². The van der Waals surface area contributed by atoms with E-state index < -0.39 is 38.3 Å². The molecule has 0 saturated heterocycles. The Morgan fingerprint density at radius 3 is 2.63 bits per heavy atom. The van der Waals surface area contributed by atoms with Crippen LogP contribution < -0.4 is 10.5 Å². The summed E-state index contributed by atoms with van der Waals surface area (Å²) in [6.45, 7) is 1.97. The van der Waals surface area contributed by atoms with Gasteiger partial charge < -0.3 is 10.5 Å². The highest BCUT2D eigenvalue weighted by Crippen LogP contribution is 2.22. The van der Waals surface area contributed by atoms with Gasteiger partial charge in [-0.1, -0.05) is 0 Å². The lowest BCUT2D eigenvalue weighted by molar-refractivity contribution is 0.188. The highest BCUT2D eigenvalue weighted by Gasteiger charge is 2.24. The fourth-order valence-corrected chi connectivity index (χ4v) is 2.81. The number of methoxy groups -OCH3 is 1. The average molecular weight is 294 g/mol. The van der Waals surface area contributed by atoms with Gasteiger partial charge in [0.1, 0.15) is 16.4 Å². The lowest BCUT2D eigenvalue weighted by atomic mass is 10.3. The number of anilines is 1. The molecule has 0 aliphatic heterocycles. The number of sulfonamides is 1. The number of hydrogen-bond donors (Lipinski definition) is 2. The largest absolute Gasteiger partial charge is 0.394 e. The van der Waals surface area contributed by atoms with E-state index in [1.165, 1.54) is 7.11 Å². The summed E-state index contributed by atoms with van der Waals surface area (Å²) in [4.78, 5) is -0.671. The number of benzene rings is 1. The molecule has 0 saturated carbocycles. The maximum absolute atomic E-state index is 13.7. The van der Waals surface area contributed by atoms with Crippen molar-refractivity contribution in [2.45, 2.75) is 24.3 Å². The second-order valence-corrected chi connectivity index (χ2v) is 5.76. The predicted octanol–water partition coefficient (Wildman–Crippen LogP) is 1.25. The molecule has 0 aliphatic rings. The van der Waals surface area contributed by atoms with E-state index in [9.17, 15) is 17.2 Å². The Balaban J connectivity index is 2.98. The van der Waals surface area contributed by atoms with Crippen molar-refractivity contribution in [3.63, 3.8) is 0 Å². The first kappa shape index (κ1) is 15.8. The zero-order valence-electron chi connectivity index (χ0n) is 10.6. The minimum Gasteiger partial charge on any atom is -0.394 e. The first-order valence-corrected chi connectivity index (χ1v) is 7.02. The molecule has 1 aromatic carbocycles. The Kier molecular flexibility index (Phi) is 5.21. The Morgan fingerprint density at radius 2 is 2.05 bits per heavy atom. The van der Waals surface area contributed by atoms with Crippen molar-refractivity contribution in [1.29, 1.82) is 0 Å². The molecular weight excluding hydrogens is 278 g/mol. The molecule has 0 heterocycles. The van der Waals surface area contributed by atoms with Crippen molar-refractivity contribution in [3.05, 3.63) is 23.8 Å². The molecule has 0 radical (unpaired) electrons. The molecule has 1 atom stereocenters. The summed E-state index contributed by atoms with van der Waals surface area (Å²) in [5, 5.41) is 0. The lowest BCUT2D eigenvalue weighted by Gasteiger charge is -2.14. The van der Waals surface area contributed by atoms with Crippen LogP contribution in [-0.4, -0.2) is 28.2 Å². The van der Waals surface area contributed by atoms with E-state index in [1.807, 2.05) is 0 Å². The van der Waals surface area contributed by atoms with Gasteiger partial charge in [-0.3, -0.25) is 0 Å². The van der Waals surface area contributed by atoms with E-state index in [-0.39, 0.29) is 0 Å². The van der Waals surface area contributed by atoms with Crippen LogP contribution in [0.5, 0.6) is 0 Å². The highest BCUT2D eigenvalue weighted by molar-refractivity contribution is 7.89. The lowest BCUT2D eigenvalue weighted by Crippen LogP contribution is -2.34. The fourth-order valence-electron chi connectivity index (χ4n) is 1.44. The van der Waals surface area contributed by atoms with Crippen LogP contribution in [0.2, 0.25) is 0 Å². The minimum atomic E-state index is -4.09. The maximum atomic E-state index is 13.7. The number of nitrogen functional groups attached to an aromatic ring is 1.